The van der Waals surface area contributed by atoms with Crippen molar-refractivity contribution in [2.45, 2.75) is 31.7 Å². The second-order valence-corrected chi connectivity index (χ2v) is 8.33. The summed E-state index contributed by atoms with van der Waals surface area (Å²) in [5, 5.41) is 0.490. The predicted octanol–water partition coefficient (Wildman–Crippen LogP) is 2.85. The van der Waals surface area contributed by atoms with Crippen LogP contribution in [0.25, 0.3) is 11.2 Å². The van der Waals surface area contributed by atoms with Crippen molar-refractivity contribution < 1.29 is 4.79 Å². The average molecular weight is 427 g/mol. The van der Waals surface area contributed by atoms with Crippen molar-refractivity contribution in [3.63, 3.8) is 0 Å². The van der Waals surface area contributed by atoms with E-state index < -0.39 is 0 Å². The van der Waals surface area contributed by atoms with Crippen LogP contribution in [0, 0.1) is 0 Å². The van der Waals surface area contributed by atoms with E-state index in [0.717, 1.165) is 57.4 Å². The van der Waals surface area contributed by atoms with E-state index in [0.29, 0.717) is 22.1 Å². The zero-order valence-corrected chi connectivity index (χ0v) is 17.3. The molecule has 2 aliphatic rings. The van der Waals surface area contributed by atoms with Gasteiger partial charge in [0.05, 0.1) is 16.1 Å². The maximum absolute atomic E-state index is 12.6. The lowest BCUT2D eigenvalue weighted by atomic mass is 10.0. The summed E-state index contributed by atoms with van der Waals surface area (Å²) in [5.41, 5.74) is 1.87. The third kappa shape index (κ3) is 3.35. The summed E-state index contributed by atoms with van der Waals surface area (Å²) in [7, 11) is 0. The summed E-state index contributed by atoms with van der Waals surface area (Å²) in [5.74, 6) is 0.691. The van der Waals surface area contributed by atoms with Crippen LogP contribution in [0.5, 0.6) is 0 Å². The molecule has 0 aromatic carbocycles. The molecule has 0 bridgehead atoms. The molecule has 0 spiro atoms. The van der Waals surface area contributed by atoms with Gasteiger partial charge < -0.3 is 14.8 Å². The number of carbonyl (C=O) groups excluding carboxylic acids is 1. The monoisotopic (exact) mass is 426 g/mol. The Balaban J connectivity index is 1.31. The Kier molecular flexibility index (Phi) is 4.94. The molecule has 2 fully saturated rings. The fourth-order valence-electron chi connectivity index (χ4n) is 4.52. The number of carbonyl (C=O) groups is 1. The summed E-state index contributed by atoms with van der Waals surface area (Å²) in [6.45, 7) is 3.05. The number of rotatable bonds is 3. The smallest absolute Gasteiger partial charge is 0.327 e. The van der Waals surface area contributed by atoms with E-state index >= 15 is 0 Å². The van der Waals surface area contributed by atoms with Gasteiger partial charge in [-0.1, -0.05) is 11.6 Å². The Hall–Kier alpha value is -2.87. The van der Waals surface area contributed by atoms with Crippen molar-refractivity contribution >= 4 is 34.5 Å². The SMILES string of the molecule is O=C(c1cnc(N2CCC(n3c(=O)[nH]c4cccnc43)CC2)c(Cl)c1)N1CCCC1. The largest absolute Gasteiger partial charge is 0.355 e. The molecule has 1 N–H and O–H groups in total. The molecular weight excluding hydrogens is 404 g/mol. The van der Waals surface area contributed by atoms with Gasteiger partial charge in [-0.3, -0.25) is 9.36 Å². The van der Waals surface area contributed by atoms with Crippen molar-refractivity contribution in [2.24, 2.45) is 0 Å². The van der Waals surface area contributed by atoms with Gasteiger partial charge in [0, 0.05) is 44.6 Å². The maximum Gasteiger partial charge on any atom is 0.327 e. The number of aromatic nitrogens is 4. The highest BCUT2D eigenvalue weighted by molar-refractivity contribution is 6.33. The van der Waals surface area contributed by atoms with E-state index in [2.05, 4.69) is 19.9 Å². The molecule has 1 amide bonds. The first-order valence-electron chi connectivity index (χ1n) is 10.4. The van der Waals surface area contributed by atoms with E-state index in [1.807, 2.05) is 17.0 Å². The van der Waals surface area contributed by atoms with Gasteiger partial charge in [0.2, 0.25) is 0 Å². The third-order valence-electron chi connectivity index (χ3n) is 6.07. The number of halogens is 1. The zero-order valence-electron chi connectivity index (χ0n) is 16.6. The molecule has 3 aromatic rings. The van der Waals surface area contributed by atoms with Crippen LogP contribution in [0.4, 0.5) is 5.82 Å². The number of hydrogen-bond acceptors (Lipinski definition) is 5. The molecule has 2 saturated heterocycles. The molecule has 2 aliphatic heterocycles. The summed E-state index contributed by atoms with van der Waals surface area (Å²) in [6.07, 6.45) is 7.01. The highest BCUT2D eigenvalue weighted by Crippen LogP contribution is 2.31. The molecular formula is C21H23ClN6O2. The summed E-state index contributed by atoms with van der Waals surface area (Å²) >= 11 is 6.51. The lowest BCUT2D eigenvalue weighted by Gasteiger charge is -2.33. The van der Waals surface area contributed by atoms with Crippen LogP contribution < -0.4 is 10.6 Å². The first-order valence-corrected chi connectivity index (χ1v) is 10.7. The van der Waals surface area contributed by atoms with Crippen LogP contribution >= 0.6 is 11.6 Å². The van der Waals surface area contributed by atoms with Crippen LogP contribution in [0.3, 0.4) is 0 Å². The van der Waals surface area contributed by atoms with E-state index in [-0.39, 0.29) is 17.6 Å². The number of H-pyrrole nitrogens is 1. The number of pyridine rings is 2. The number of amides is 1. The standard InChI is InChI=1S/C21H23ClN6O2/c22-16-12-14(20(29)27-8-1-2-9-27)13-24-18(16)26-10-5-15(6-11-26)28-19-17(25-21(28)30)4-3-7-23-19/h3-4,7,12-13,15H,1-2,5-6,8-11H2,(H,25,30). The number of piperidine rings is 1. The Morgan fingerprint density at radius 2 is 1.90 bits per heavy atom. The Labute approximate surface area is 178 Å². The van der Waals surface area contributed by atoms with Gasteiger partial charge in [-0.05, 0) is 43.9 Å². The van der Waals surface area contributed by atoms with E-state index in [9.17, 15) is 9.59 Å². The first kappa shape index (κ1) is 19.1. The van der Waals surface area contributed by atoms with Crippen LogP contribution in [0.1, 0.15) is 42.1 Å². The predicted molar refractivity (Wildman–Crippen MR) is 115 cm³/mol. The van der Waals surface area contributed by atoms with Gasteiger partial charge >= 0.3 is 5.69 Å². The van der Waals surface area contributed by atoms with Crippen LogP contribution in [-0.2, 0) is 0 Å². The van der Waals surface area contributed by atoms with Gasteiger partial charge in [0.25, 0.3) is 5.91 Å². The highest BCUT2D eigenvalue weighted by atomic mass is 35.5. The number of likely N-dealkylation sites (tertiary alicyclic amines) is 1. The molecule has 8 nitrogen and oxygen atoms in total. The van der Waals surface area contributed by atoms with Crippen molar-refractivity contribution in [1.29, 1.82) is 0 Å². The molecule has 0 unspecified atom stereocenters. The highest BCUT2D eigenvalue weighted by Gasteiger charge is 2.27. The molecule has 156 valence electrons. The van der Waals surface area contributed by atoms with E-state index in [1.165, 1.54) is 0 Å². The average Bonchev–Trinajstić information content (AvgIpc) is 3.41. The minimum atomic E-state index is -0.122. The van der Waals surface area contributed by atoms with Crippen LogP contribution in [-0.4, -0.2) is 56.5 Å². The molecule has 0 radical (unpaired) electrons. The van der Waals surface area contributed by atoms with E-state index in [4.69, 9.17) is 11.6 Å². The van der Waals surface area contributed by atoms with Gasteiger partial charge in [-0.25, -0.2) is 14.8 Å². The molecule has 3 aromatic heterocycles. The number of nitrogens with zero attached hydrogens (tertiary/aromatic N) is 5. The normalized spacial score (nSPS) is 17.8. The number of hydrogen-bond donors (Lipinski definition) is 1. The Bertz CT molecular complexity index is 1140. The minimum absolute atomic E-state index is 0.00151. The zero-order chi connectivity index (χ0) is 20.7. The second-order valence-electron chi connectivity index (χ2n) is 7.92. The Morgan fingerprint density at radius 3 is 2.63 bits per heavy atom. The molecule has 9 heteroatoms. The van der Waals surface area contributed by atoms with Crippen LogP contribution in [0.15, 0.2) is 35.4 Å². The van der Waals surface area contributed by atoms with Crippen molar-refractivity contribution in [3.8, 4) is 0 Å². The van der Waals surface area contributed by atoms with E-state index in [1.54, 1.807) is 23.0 Å². The van der Waals surface area contributed by atoms with Crippen molar-refractivity contribution in [2.75, 3.05) is 31.1 Å². The molecule has 30 heavy (non-hydrogen) atoms. The number of fused-ring (bicyclic) bond motifs is 1. The molecule has 0 atom stereocenters. The topological polar surface area (TPSA) is 87.1 Å². The first-order chi connectivity index (χ1) is 14.6. The van der Waals surface area contributed by atoms with Crippen LogP contribution in [0.2, 0.25) is 5.02 Å². The lowest BCUT2D eigenvalue weighted by Crippen LogP contribution is -2.37. The van der Waals surface area contributed by atoms with Gasteiger partial charge in [-0.15, -0.1) is 0 Å². The fourth-order valence-corrected chi connectivity index (χ4v) is 4.80. The third-order valence-corrected chi connectivity index (χ3v) is 6.34. The van der Waals surface area contributed by atoms with Gasteiger partial charge in [0.15, 0.2) is 5.65 Å². The molecule has 0 aliphatic carbocycles. The quantitative estimate of drug-likeness (QED) is 0.695. The number of anilines is 1. The summed E-state index contributed by atoms with van der Waals surface area (Å²) in [4.78, 5) is 40.7. The second kappa shape index (κ2) is 7.75. The molecule has 5 heterocycles. The number of aromatic amines is 1. The molecule has 5 rings (SSSR count). The Morgan fingerprint density at radius 1 is 1.13 bits per heavy atom. The lowest BCUT2D eigenvalue weighted by molar-refractivity contribution is 0.0792. The number of imidazole rings is 1. The minimum Gasteiger partial charge on any atom is -0.355 e. The van der Waals surface area contributed by atoms with Gasteiger partial charge in [-0.2, -0.15) is 0 Å². The number of nitrogens with one attached hydrogen (secondary N) is 1. The fraction of sp³-hybridized carbons (Fsp3) is 0.429. The van der Waals surface area contributed by atoms with Crippen molar-refractivity contribution in [3.05, 3.63) is 51.7 Å². The molecule has 0 saturated carbocycles. The summed E-state index contributed by atoms with van der Waals surface area (Å²) < 4.78 is 1.76. The maximum atomic E-state index is 12.6. The van der Waals surface area contributed by atoms with Crippen molar-refractivity contribution in [1.82, 2.24) is 24.4 Å². The van der Waals surface area contributed by atoms with Gasteiger partial charge in [0.1, 0.15) is 5.82 Å². The summed E-state index contributed by atoms with van der Waals surface area (Å²) in [6, 6.07) is 5.48.